The third kappa shape index (κ3) is 3.34. The van der Waals surface area contributed by atoms with Gasteiger partial charge in [-0.3, -0.25) is 14.9 Å². The van der Waals surface area contributed by atoms with E-state index in [0.717, 1.165) is 19.4 Å². The predicted molar refractivity (Wildman–Crippen MR) is 78.8 cm³/mol. The molecule has 2 rings (SSSR count). The Kier molecular flexibility index (Phi) is 4.72. The van der Waals surface area contributed by atoms with Crippen LogP contribution >= 0.6 is 15.9 Å². The molecule has 1 aliphatic heterocycles. The van der Waals surface area contributed by atoms with Crippen molar-refractivity contribution in [3.63, 3.8) is 0 Å². The molecule has 1 aliphatic rings. The van der Waals surface area contributed by atoms with Crippen molar-refractivity contribution in [3.8, 4) is 0 Å². The van der Waals surface area contributed by atoms with Crippen LogP contribution in [0.3, 0.4) is 0 Å². The van der Waals surface area contributed by atoms with Gasteiger partial charge in [-0.15, -0.1) is 0 Å². The van der Waals surface area contributed by atoms with Gasteiger partial charge in [-0.2, -0.15) is 0 Å². The lowest BCUT2D eigenvalue weighted by molar-refractivity contribution is -0.384. The number of non-ortho nitro benzene ring substituents is 1. The van der Waals surface area contributed by atoms with E-state index in [-0.39, 0.29) is 11.6 Å². The standard InChI is InChI=1S/C13H16BrN3O3/c1-16(8-9-3-2-6-15-9)13(18)11-7-10(17(19)20)4-5-12(11)14/h4-5,7,9,15H,2-3,6,8H2,1H3. The second-order valence-corrected chi connectivity index (χ2v) is 5.75. The maximum Gasteiger partial charge on any atom is 0.270 e. The van der Waals surface area contributed by atoms with Crippen molar-refractivity contribution in [2.45, 2.75) is 18.9 Å². The summed E-state index contributed by atoms with van der Waals surface area (Å²) in [7, 11) is 1.72. The van der Waals surface area contributed by atoms with Crippen LogP contribution in [0.25, 0.3) is 0 Å². The van der Waals surface area contributed by atoms with Gasteiger partial charge >= 0.3 is 0 Å². The molecule has 20 heavy (non-hydrogen) atoms. The Labute approximate surface area is 125 Å². The monoisotopic (exact) mass is 341 g/mol. The van der Waals surface area contributed by atoms with Crippen molar-refractivity contribution in [1.82, 2.24) is 10.2 Å². The smallest absolute Gasteiger partial charge is 0.270 e. The quantitative estimate of drug-likeness (QED) is 0.672. The number of hydrogen-bond acceptors (Lipinski definition) is 4. The number of carbonyl (C=O) groups is 1. The van der Waals surface area contributed by atoms with Crippen LogP contribution in [-0.4, -0.2) is 41.9 Å². The van der Waals surface area contributed by atoms with Crippen molar-refractivity contribution in [1.29, 1.82) is 0 Å². The molecule has 1 fully saturated rings. The molecule has 1 heterocycles. The van der Waals surface area contributed by atoms with Crippen LogP contribution < -0.4 is 5.32 Å². The lowest BCUT2D eigenvalue weighted by Crippen LogP contribution is -2.38. The van der Waals surface area contributed by atoms with E-state index in [4.69, 9.17) is 0 Å². The maximum absolute atomic E-state index is 12.4. The molecule has 1 unspecified atom stereocenters. The number of nitrogens with one attached hydrogen (secondary N) is 1. The first kappa shape index (κ1) is 14.9. The average molecular weight is 342 g/mol. The highest BCUT2D eigenvalue weighted by Crippen LogP contribution is 2.24. The van der Waals surface area contributed by atoms with Gasteiger partial charge in [-0.1, -0.05) is 0 Å². The molecule has 0 radical (unpaired) electrons. The highest BCUT2D eigenvalue weighted by molar-refractivity contribution is 9.10. The predicted octanol–water partition coefficient (Wildman–Crippen LogP) is 2.18. The highest BCUT2D eigenvalue weighted by Gasteiger charge is 2.22. The molecule has 1 atom stereocenters. The third-order valence-corrected chi connectivity index (χ3v) is 4.09. The van der Waals surface area contributed by atoms with Gasteiger partial charge in [-0.05, 0) is 41.4 Å². The number of benzene rings is 1. The van der Waals surface area contributed by atoms with Crippen molar-refractivity contribution in [2.24, 2.45) is 0 Å². The summed E-state index contributed by atoms with van der Waals surface area (Å²) < 4.78 is 0.569. The van der Waals surface area contributed by atoms with Gasteiger partial charge in [0.15, 0.2) is 0 Å². The summed E-state index contributed by atoms with van der Waals surface area (Å²) in [6.45, 7) is 1.58. The van der Waals surface area contributed by atoms with Crippen molar-refractivity contribution >= 4 is 27.5 Å². The fourth-order valence-electron chi connectivity index (χ4n) is 2.32. The van der Waals surface area contributed by atoms with E-state index < -0.39 is 4.92 Å². The molecule has 1 N–H and O–H groups in total. The number of nitro groups is 1. The van der Waals surface area contributed by atoms with Crippen LogP contribution in [0.1, 0.15) is 23.2 Å². The van der Waals surface area contributed by atoms with Crippen LogP contribution in [0.2, 0.25) is 0 Å². The molecule has 0 aliphatic carbocycles. The third-order valence-electron chi connectivity index (χ3n) is 3.39. The van der Waals surface area contributed by atoms with Crippen LogP contribution in [0.4, 0.5) is 5.69 Å². The number of carbonyl (C=O) groups excluding carboxylic acids is 1. The Morgan fingerprint density at radius 2 is 2.35 bits per heavy atom. The molecular formula is C13H16BrN3O3. The van der Waals surface area contributed by atoms with Crippen LogP contribution in [0.5, 0.6) is 0 Å². The van der Waals surface area contributed by atoms with Gasteiger partial charge in [-0.25, -0.2) is 0 Å². The maximum atomic E-state index is 12.4. The lowest BCUT2D eigenvalue weighted by atomic mass is 10.1. The first-order valence-electron chi connectivity index (χ1n) is 6.42. The highest BCUT2D eigenvalue weighted by atomic mass is 79.9. The van der Waals surface area contributed by atoms with E-state index in [9.17, 15) is 14.9 Å². The molecular weight excluding hydrogens is 326 g/mol. The number of nitrogens with zero attached hydrogens (tertiary/aromatic N) is 2. The van der Waals surface area contributed by atoms with E-state index >= 15 is 0 Å². The molecule has 6 nitrogen and oxygen atoms in total. The van der Waals surface area contributed by atoms with Gasteiger partial charge in [0.05, 0.1) is 10.5 Å². The van der Waals surface area contributed by atoms with Gasteiger partial charge in [0.2, 0.25) is 0 Å². The Morgan fingerprint density at radius 1 is 1.60 bits per heavy atom. The van der Waals surface area contributed by atoms with E-state index in [0.29, 0.717) is 22.6 Å². The van der Waals surface area contributed by atoms with Crippen molar-refractivity contribution < 1.29 is 9.72 Å². The molecule has 7 heteroatoms. The first-order valence-corrected chi connectivity index (χ1v) is 7.21. The van der Waals surface area contributed by atoms with E-state index in [2.05, 4.69) is 21.2 Å². The largest absolute Gasteiger partial charge is 0.340 e. The van der Waals surface area contributed by atoms with E-state index in [1.165, 1.54) is 18.2 Å². The summed E-state index contributed by atoms with van der Waals surface area (Å²) >= 11 is 3.28. The summed E-state index contributed by atoms with van der Waals surface area (Å²) in [6.07, 6.45) is 2.17. The molecule has 1 saturated heterocycles. The first-order chi connectivity index (χ1) is 9.49. The van der Waals surface area contributed by atoms with Gasteiger partial charge in [0, 0.05) is 36.2 Å². The normalized spacial score (nSPS) is 18.0. The Hall–Kier alpha value is -1.47. The van der Waals surface area contributed by atoms with Gasteiger partial charge in [0.25, 0.3) is 11.6 Å². The molecule has 0 saturated carbocycles. The minimum absolute atomic E-state index is 0.0797. The summed E-state index contributed by atoms with van der Waals surface area (Å²) in [5, 5.41) is 14.1. The number of hydrogen-bond donors (Lipinski definition) is 1. The molecule has 108 valence electrons. The zero-order valence-electron chi connectivity index (χ0n) is 11.1. The number of likely N-dealkylation sites (N-methyl/N-ethyl adjacent to an activating group) is 1. The zero-order valence-corrected chi connectivity index (χ0v) is 12.7. The molecule has 1 aromatic rings. The second-order valence-electron chi connectivity index (χ2n) is 4.90. The molecule has 1 aromatic carbocycles. The minimum Gasteiger partial charge on any atom is -0.340 e. The fourth-order valence-corrected chi connectivity index (χ4v) is 2.74. The summed E-state index contributed by atoms with van der Waals surface area (Å²) in [5.74, 6) is -0.214. The summed E-state index contributed by atoms with van der Waals surface area (Å²) in [4.78, 5) is 24.3. The van der Waals surface area contributed by atoms with E-state index in [1.807, 2.05) is 0 Å². The summed E-state index contributed by atoms with van der Waals surface area (Å²) in [5.41, 5.74) is 0.239. The van der Waals surface area contributed by atoms with Crippen molar-refractivity contribution in [3.05, 3.63) is 38.3 Å². The van der Waals surface area contributed by atoms with Gasteiger partial charge < -0.3 is 10.2 Å². The van der Waals surface area contributed by atoms with E-state index in [1.54, 1.807) is 11.9 Å². The van der Waals surface area contributed by atoms with Crippen LogP contribution in [-0.2, 0) is 0 Å². The molecule has 1 amide bonds. The number of nitro benzene ring substituents is 1. The van der Waals surface area contributed by atoms with Crippen LogP contribution in [0, 0.1) is 10.1 Å². The minimum atomic E-state index is -0.498. The number of halogens is 1. The molecule has 0 spiro atoms. The molecule has 0 aromatic heterocycles. The number of amides is 1. The Bertz CT molecular complexity index is 530. The fraction of sp³-hybridized carbons (Fsp3) is 0.462. The topological polar surface area (TPSA) is 75.5 Å². The lowest BCUT2D eigenvalue weighted by Gasteiger charge is -2.21. The summed E-state index contributed by atoms with van der Waals surface area (Å²) in [6, 6.07) is 4.53. The van der Waals surface area contributed by atoms with Crippen molar-refractivity contribution in [2.75, 3.05) is 20.1 Å². The van der Waals surface area contributed by atoms with Crippen LogP contribution in [0.15, 0.2) is 22.7 Å². The Morgan fingerprint density at radius 3 is 2.95 bits per heavy atom. The zero-order chi connectivity index (χ0) is 14.7. The Balaban J connectivity index is 2.14. The second kappa shape index (κ2) is 6.32. The number of rotatable bonds is 4. The SMILES string of the molecule is CN(CC1CCCN1)C(=O)c1cc([N+](=O)[O-])ccc1Br. The van der Waals surface area contributed by atoms with Gasteiger partial charge in [0.1, 0.15) is 0 Å². The average Bonchev–Trinajstić information content (AvgIpc) is 2.91. The molecule has 0 bridgehead atoms.